The maximum Gasteiger partial charge on any atom is 0.337 e. The number of aliphatic carboxylic acids is 1. The first-order valence-corrected chi connectivity index (χ1v) is 5.47. The third kappa shape index (κ3) is 2.43. The number of piperazine rings is 1. The number of dihydropyridines is 1. The van der Waals surface area contributed by atoms with Crippen LogP contribution in [0.5, 0.6) is 0 Å². The zero-order chi connectivity index (χ0) is 11.5. The molecule has 1 atom stereocenters. The van der Waals surface area contributed by atoms with Crippen LogP contribution in [0.1, 0.15) is 0 Å². The minimum absolute atomic E-state index is 0.136. The van der Waals surface area contributed by atoms with Gasteiger partial charge in [0.2, 0.25) is 0 Å². The van der Waals surface area contributed by atoms with Crippen LogP contribution in [0.2, 0.25) is 0 Å². The van der Waals surface area contributed by atoms with Crippen LogP contribution < -0.4 is 5.32 Å². The summed E-state index contributed by atoms with van der Waals surface area (Å²) in [4.78, 5) is 15.3. The molecule has 5 heteroatoms. The number of carbonyl (C=O) groups is 1. The van der Waals surface area contributed by atoms with Crippen molar-refractivity contribution in [3.05, 3.63) is 23.9 Å². The Hall–Kier alpha value is -1.33. The molecule has 1 unspecified atom stereocenters. The van der Waals surface area contributed by atoms with Crippen molar-refractivity contribution in [3.8, 4) is 0 Å². The molecule has 2 aliphatic heterocycles. The molecule has 0 spiro atoms. The zero-order valence-corrected chi connectivity index (χ0v) is 9.39. The van der Waals surface area contributed by atoms with E-state index in [9.17, 15) is 4.79 Å². The fourth-order valence-corrected chi connectivity index (χ4v) is 1.93. The molecule has 1 fully saturated rings. The second-order valence-electron chi connectivity index (χ2n) is 4.21. The number of rotatable bonds is 2. The third-order valence-electron chi connectivity index (χ3n) is 3.05. The fourth-order valence-electron chi connectivity index (χ4n) is 1.93. The molecule has 2 heterocycles. The third-order valence-corrected chi connectivity index (χ3v) is 3.05. The predicted octanol–water partition coefficient (Wildman–Crippen LogP) is -0.312. The van der Waals surface area contributed by atoms with Gasteiger partial charge in [0.1, 0.15) is 0 Å². The van der Waals surface area contributed by atoms with Gasteiger partial charge in [0.25, 0.3) is 0 Å². The number of nitrogens with one attached hydrogen (secondary N) is 1. The lowest BCUT2D eigenvalue weighted by atomic mass is 10.2. The first-order valence-electron chi connectivity index (χ1n) is 5.47. The Morgan fingerprint density at radius 3 is 2.62 bits per heavy atom. The predicted molar refractivity (Wildman–Crippen MR) is 60.9 cm³/mol. The van der Waals surface area contributed by atoms with E-state index in [0.717, 1.165) is 26.2 Å². The highest BCUT2D eigenvalue weighted by Crippen LogP contribution is 2.10. The van der Waals surface area contributed by atoms with Gasteiger partial charge < -0.3 is 15.3 Å². The Kier molecular flexibility index (Phi) is 3.26. The molecule has 0 amide bonds. The highest BCUT2D eigenvalue weighted by atomic mass is 16.4. The molecule has 0 aliphatic carbocycles. The van der Waals surface area contributed by atoms with Crippen LogP contribution >= 0.6 is 0 Å². The van der Waals surface area contributed by atoms with Crippen molar-refractivity contribution in [1.82, 2.24) is 15.1 Å². The largest absolute Gasteiger partial charge is 0.478 e. The van der Waals surface area contributed by atoms with Crippen LogP contribution in [0, 0.1) is 0 Å². The summed E-state index contributed by atoms with van der Waals surface area (Å²) >= 11 is 0. The lowest BCUT2D eigenvalue weighted by molar-refractivity contribution is -0.132. The van der Waals surface area contributed by atoms with Gasteiger partial charge in [0, 0.05) is 32.4 Å². The molecule has 1 saturated heterocycles. The maximum absolute atomic E-state index is 10.7. The second kappa shape index (κ2) is 4.67. The van der Waals surface area contributed by atoms with Crippen molar-refractivity contribution < 1.29 is 9.90 Å². The number of hydrogen-bond donors (Lipinski definition) is 2. The molecule has 2 aliphatic rings. The highest BCUT2D eigenvalue weighted by Gasteiger charge is 2.21. The van der Waals surface area contributed by atoms with Crippen molar-refractivity contribution >= 4 is 5.97 Å². The quantitative estimate of drug-likeness (QED) is 0.672. The van der Waals surface area contributed by atoms with Crippen molar-refractivity contribution in [1.29, 1.82) is 0 Å². The van der Waals surface area contributed by atoms with Crippen molar-refractivity contribution in [2.75, 3.05) is 33.2 Å². The van der Waals surface area contributed by atoms with E-state index in [0.29, 0.717) is 5.57 Å². The van der Waals surface area contributed by atoms with Gasteiger partial charge in [-0.25, -0.2) is 4.79 Å². The van der Waals surface area contributed by atoms with Crippen molar-refractivity contribution in [2.24, 2.45) is 0 Å². The SMILES string of the molecule is CN1CCN(C2C=CC(C(=O)O)=CN2)CC1. The molecule has 0 aromatic heterocycles. The van der Waals surface area contributed by atoms with Crippen molar-refractivity contribution in [3.63, 3.8) is 0 Å². The van der Waals surface area contributed by atoms with E-state index in [2.05, 4.69) is 22.2 Å². The van der Waals surface area contributed by atoms with E-state index in [-0.39, 0.29) is 6.17 Å². The van der Waals surface area contributed by atoms with Gasteiger partial charge in [-0.1, -0.05) is 0 Å². The summed E-state index contributed by atoms with van der Waals surface area (Å²) < 4.78 is 0. The van der Waals surface area contributed by atoms with Gasteiger partial charge in [-0.2, -0.15) is 0 Å². The first kappa shape index (κ1) is 11.2. The molecule has 0 bridgehead atoms. The van der Waals surface area contributed by atoms with Gasteiger partial charge in [-0.3, -0.25) is 4.90 Å². The van der Waals surface area contributed by atoms with Crippen LogP contribution in [-0.2, 0) is 4.79 Å². The smallest absolute Gasteiger partial charge is 0.337 e. The Labute approximate surface area is 95.0 Å². The summed E-state index contributed by atoms with van der Waals surface area (Å²) in [7, 11) is 2.11. The molecule has 0 radical (unpaired) electrons. The van der Waals surface area contributed by atoms with E-state index in [1.54, 1.807) is 12.3 Å². The number of likely N-dealkylation sites (N-methyl/N-ethyl adjacent to an activating group) is 1. The summed E-state index contributed by atoms with van der Waals surface area (Å²) in [6, 6.07) is 0. The van der Waals surface area contributed by atoms with Crippen LogP contribution in [0.25, 0.3) is 0 Å². The Morgan fingerprint density at radius 1 is 1.44 bits per heavy atom. The monoisotopic (exact) mass is 223 g/mol. The maximum atomic E-state index is 10.7. The molecule has 2 N–H and O–H groups in total. The molecular formula is C11H17N3O2. The number of carboxylic acids is 1. The normalized spacial score (nSPS) is 27.3. The summed E-state index contributed by atoms with van der Waals surface area (Å²) in [6.45, 7) is 4.13. The molecule has 88 valence electrons. The average Bonchev–Trinajstić information content (AvgIpc) is 2.30. The van der Waals surface area contributed by atoms with Crippen LogP contribution in [0.3, 0.4) is 0 Å². The van der Waals surface area contributed by atoms with E-state index in [1.807, 2.05) is 6.08 Å². The molecular weight excluding hydrogens is 206 g/mol. The Balaban J connectivity index is 1.90. The zero-order valence-electron chi connectivity index (χ0n) is 9.39. The Bertz CT molecular complexity index is 330. The van der Waals surface area contributed by atoms with E-state index in [1.165, 1.54) is 0 Å². The summed E-state index contributed by atoms with van der Waals surface area (Å²) in [6.07, 6.45) is 5.29. The molecule has 5 nitrogen and oxygen atoms in total. The fraction of sp³-hybridized carbons (Fsp3) is 0.545. The van der Waals surface area contributed by atoms with Crippen molar-refractivity contribution in [2.45, 2.75) is 6.17 Å². The number of hydrogen-bond acceptors (Lipinski definition) is 4. The van der Waals surface area contributed by atoms with E-state index < -0.39 is 5.97 Å². The second-order valence-corrected chi connectivity index (χ2v) is 4.21. The van der Waals surface area contributed by atoms with Crippen LogP contribution in [-0.4, -0.2) is 60.3 Å². The summed E-state index contributed by atoms with van der Waals surface area (Å²) in [5.74, 6) is -0.888. The molecule has 2 rings (SSSR count). The number of nitrogens with zero attached hydrogens (tertiary/aromatic N) is 2. The molecule has 0 aromatic rings. The van der Waals surface area contributed by atoms with Gasteiger partial charge in [-0.15, -0.1) is 0 Å². The first-order chi connectivity index (χ1) is 7.66. The number of carboxylic acid groups (broad SMARTS) is 1. The molecule has 16 heavy (non-hydrogen) atoms. The highest BCUT2D eigenvalue weighted by molar-refractivity contribution is 5.89. The Morgan fingerprint density at radius 2 is 2.12 bits per heavy atom. The minimum atomic E-state index is -0.888. The van der Waals surface area contributed by atoms with Crippen LogP contribution in [0.15, 0.2) is 23.9 Å². The topological polar surface area (TPSA) is 55.8 Å². The van der Waals surface area contributed by atoms with E-state index in [4.69, 9.17) is 5.11 Å². The minimum Gasteiger partial charge on any atom is -0.478 e. The molecule has 0 aromatic carbocycles. The van der Waals surface area contributed by atoms with Gasteiger partial charge in [-0.05, 0) is 19.2 Å². The van der Waals surface area contributed by atoms with Gasteiger partial charge in [0.05, 0.1) is 11.7 Å². The molecule has 0 saturated carbocycles. The van der Waals surface area contributed by atoms with Gasteiger partial charge in [0.15, 0.2) is 0 Å². The van der Waals surface area contributed by atoms with E-state index >= 15 is 0 Å². The van der Waals surface area contributed by atoms with Gasteiger partial charge >= 0.3 is 5.97 Å². The average molecular weight is 223 g/mol. The van der Waals surface area contributed by atoms with Crippen LogP contribution in [0.4, 0.5) is 0 Å². The standard InChI is InChI=1S/C11H17N3O2/c1-13-4-6-14(7-5-13)10-3-2-9(8-12-10)11(15)16/h2-3,8,10,12H,4-7H2,1H3,(H,15,16). The summed E-state index contributed by atoms with van der Waals surface area (Å²) in [5, 5.41) is 11.9. The lowest BCUT2D eigenvalue weighted by Crippen LogP contribution is -2.52. The summed E-state index contributed by atoms with van der Waals surface area (Å²) in [5.41, 5.74) is 0.311. The lowest BCUT2D eigenvalue weighted by Gasteiger charge is -2.37.